The Morgan fingerprint density at radius 2 is 2.25 bits per heavy atom. The molecule has 94 valence electrons. The average Bonchev–Trinajstić information content (AvgIpc) is 2.30. The molecule has 16 heavy (non-hydrogen) atoms. The van der Waals surface area contributed by atoms with Crippen LogP contribution in [0.1, 0.15) is 46.0 Å². The summed E-state index contributed by atoms with van der Waals surface area (Å²) in [7, 11) is 0. The van der Waals surface area contributed by atoms with Crippen LogP contribution in [0.4, 0.5) is 0 Å². The van der Waals surface area contributed by atoms with Crippen molar-refractivity contribution in [3.05, 3.63) is 12.2 Å². The van der Waals surface area contributed by atoms with E-state index in [0.29, 0.717) is 0 Å². The topological polar surface area (TPSA) is 15.3 Å². The van der Waals surface area contributed by atoms with Gasteiger partial charge in [-0.3, -0.25) is 0 Å². The summed E-state index contributed by atoms with van der Waals surface area (Å²) in [5.74, 6) is 0. The molecule has 0 amide bonds. The van der Waals surface area contributed by atoms with Crippen molar-refractivity contribution in [2.45, 2.75) is 52.0 Å². The number of hydrogen-bond acceptors (Lipinski definition) is 2. The second-order valence-corrected chi connectivity index (χ2v) is 5.01. The minimum atomic E-state index is 0.805. The number of piperidine rings is 1. The Bertz CT molecular complexity index is 201. The van der Waals surface area contributed by atoms with Gasteiger partial charge in [-0.15, -0.1) is 0 Å². The van der Waals surface area contributed by atoms with Crippen molar-refractivity contribution in [3.8, 4) is 0 Å². The minimum Gasteiger partial charge on any atom is -0.313 e. The fourth-order valence-electron chi connectivity index (χ4n) is 2.29. The molecule has 0 aromatic rings. The van der Waals surface area contributed by atoms with Gasteiger partial charge >= 0.3 is 0 Å². The third-order valence-electron chi connectivity index (χ3n) is 3.61. The van der Waals surface area contributed by atoms with E-state index in [2.05, 4.69) is 30.6 Å². The van der Waals surface area contributed by atoms with Gasteiger partial charge in [-0.2, -0.15) is 0 Å². The lowest BCUT2D eigenvalue weighted by atomic mass is 10.0. The zero-order valence-electron chi connectivity index (χ0n) is 11.1. The Hall–Kier alpha value is -0.340. The highest BCUT2D eigenvalue weighted by Gasteiger charge is 2.16. The zero-order chi connectivity index (χ0) is 11.8. The van der Waals surface area contributed by atoms with Gasteiger partial charge in [0.05, 0.1) is 0 Å². The van der Waals surface area contributed by atoms with Gasteiger partial charge in [0.15, 0.2) is 0 Å². The number of nitrogens with one attached hydrogen (secondary N) is 1. The third kappa shape index (κ3) is 5.13. The first-order chi connectivity index (χ1) is 7.74. The summed E-state index contributed by atoms with van der Waals surface area (Å²) in [6, 6.07) is 0.805. The van der Waals surface area contributed by atoms with E-state index < -0.39 is 0 Å². The van der Waals surface area contributed by atoms with Crippen LogP contribution in [0.25, 0.3) is 0 Å². The highest BCUT2D eigenvalue weighted by atomic mass is 15.2. The normalized spacial score (nSPS) is 22.2. The highest BCUT2D eigenvalue weighted by molar-refractivity contribution is 4.94. The van der Waals surface area contributed by atoms with Gasteiger partial charge in [0.25, 0.3) is 0 Å². The summed E-state index contributed by atoms with van der Waals surface area (Å²) in [6.07, 6.45) is 6.56. The van der Waals surface area contributed by atoms with Crippen LogP contribution in [0, 0.1) is 0 Å². The summed E-state index contributed by atoms with van der Waals surface area (Å²) in [4.78, 5) is 2.64. The molecule has 1 heterocycles. The molecule has 1 unspecified atom stereocenters. The van der Waals surface area contributed by atoms with Crippen LogP contribution in [0.3, 0.4) is 0 Å². The second-order valence-electron chi connectivity index (χ2n) is 5.01. The van der Waals surface area contributed by atoms with E-state index in [0.717, 1.165) is 25.6 Å². The molecular formula is C14H28N2. The fraction of sp³-hybridized carbons (Fsp3) is 0.857. The molecule has 0 spiro atoms. The van der Waals surface area contributed by atoms with Crippen molar-refractivity contribution in [3.63, 3.8) is 0 Å². The van der Waals surface area contributed by atoms with E-state index in [1.54, 1.807) is 0 Å². The zero-order valence-corrected chi connectivity index (χ0v) is 11.1. The molecule has 1 N–H and O–H groups in total. The van der Waals surface area contributed by atoms with Crippen molar-refractivity contribution in [2.75, 3.05) is 26.2 Å². The van der Waals surface area contributed by atoms with Crippen LogP contribution in [-0.2, 0) is 0 Å². The minimum absolute atomic E-state index is 0.805. The maximum absolute atomic E-state index is 4.00. The van der Waals surface area contributed by atoms with Gasteiger partial charge in [-0.1, -0.05) is 25.5 Å². The number of nitrogens with zero attached hydrogens (tertiary/aromatic N) is 1. The third-order valence-corrected chi connectivity index (χ3v) is 3.61. The van der Waals surface area contributed by atoms with E-state index >= 15 is 0 Å². The predicted octanol–water partition coefficient (Wildman–Crippen LogP) is 2.81. The lowest BCUT2D eigenvalue weighted by Gasteiger charge is -2.33. The fourth-order valence-corrected chi connectivity index (χ4v) is 2.29. The number of hydrogen-bond donors (Lipinski definition) is 1. The molecule has 0 radical (unpaired) electrons. The Morgan fingerprint density at radius 3 is 2.94 bits per heavy atom. The Morgan fingerprint density at radius 1 is 1.44 bits per heavy atom. The maximum atomic E-state index is 4.00. The molecule has 1 atom stereocenters. The Balaban J connectivity index is 1.99. The van der Waals surface area contributed by atoms with Gasteiger partial charge in [-0.05, 0) is 52.2 Å². The number of rotatable bonds is 7. The quantitative estimate of drug-likeness (QED) is 0.528. The maximum Gasteiger partial charge on any atom is 0.0161 e. The van der Waals surface area contributed by atoms with Gasteiger partial charge < -0.3 is 10.2 Å². The molecule has 1 aliphatic rings. The first-order valence-corrected chi connectivity index (χ1v) is 6.85. The highest BCUT2D eigenvalue weighted by Crippen LogP contribution is 2.15. The van der Waals surface area contributed by atoms with Crippen LogP contribution in [0.15, 0.2) is 12.2 Å². The van der Waals surface area contributed by atoms with Gasteiger partial charge in [0.2, 0.25) is 0 Å². The van der Waals surface area contributed by atoms with Crippen LogP contribution in [0.2, 0.25) is 0 Å². The van der Waals surface area contributed by atoms with Crippen molar-refractivity contribution in [1.82, 2.24) is 10.2 Å². The molecule has 0 saturated carbocycles. The van der Waals surface area contributed by atoms with E-state index in [9.17, 15) is 0 Å². The molecule has 1 fully saturated rings. The first kappa shape index (κ1) is 13.7. The van der Waals surface area contributed by atoms with Crippen LogP contribution < -0.4 is 5.32 Å². The van der Waals surface area contributed by atoms with Crippen molar-refractivity contribution in [1.29, 1.82) is 0 Å². The summed E-state index contributed by atoms with van der Waals surface area (Å²) in [5.41, 5.74) is 1.31. The SMILES string of the molecule is C=C(CC)CNCCCN1CCCCC1C. The van der Waals surface area contributed by atoms with E-state index in [4.69, 9.17) is 0 Å². The Labute approximate surface area is 101 Å². The number of likely N-dealkylation sites (tertiary alicyclic amines) is 1. The smallest absolute Gasteiger partial charge is 0.0161 e. The molecule has 0 bridgehead atoms. The van der Waals surface area contributed by atoms with E-state index in [-0.39, 0.29) is 0 Å². The van der Waals surface area contributed by atoms with Crippen LogP contribution in [0.5, 0.6) is 0 Å². The molecule has 0 aromatic carbocycles. The molecule has 1 saturated heterocycles. The lowest BCUT2D eigenvalue weighted by molar-refractivity contribution is 0.159. The van der Waals surface area contributed by atoms with Crippen molar-refractivity contribution in [2.24, 2.45) is 0 Å². The molecular weight excluding hydrogens is 196 g/mol. The van der Waals surface area contributed by atoms with Crippen molar-refractivity contribution < 1.29 is 0 Å². The summed E-state index contributed by atoms with van der Waals surface area (Å²) >= 11 is 0. The summed E-state index contributed by atoms with van der Waals surface area (Å²) in [5, 5.41) is 3.46. The van der Waals surface area contributed by atoms with Crippen molar-refractivity contribution >= 4 is 0 Å². The Kier molecular flexibility index (Phi) is 6.74. The largest absolute Gasteiger partial charge is 0.313 e. The molecule has 2 nitrogen and oxygen atoms in total. The first-order valence-electron chi connectivity index (χ1n) is 6.85. The molecule has 0 aromatic heterocycles. The molecule has 2 heteroatoms. The lowest BCUT2D eigenvalue weighted by Crippen LogP contribution is -2.39. The summed E-state index contributed by atoms with van der Waals surface area (Å²) in [6.45, 7) is 13.2. The molecule has 1 rings (SSSR count). The summed E-state index contributed by atoms with van der Waals surface area (Å²) < 4.78 is 0. The molecule has 1 aliphatic heterocycles. The van der Waals surface area contributed by atoms with Crippen LogP contribution in [-0.4, -0.2) is 37.1 Å². The monoisotopic (exact) mass is 224 g/mol. The van der Waals surface area contributed by atoms with Gasteiger partial charge in [0, 0.05) is 12.6 Å². The predicted molar refractivity (Wildman–Crippen MR) is 71.8 cm³/mol. The second kappa shape index (κ2) is 7.86. The van der Waals surface area contributed by atoms with Gasteiger partial charge in [0.1, 0.15) is 0 Å². The average molecular weight is 224 g/mol. The van der Waals surface area contributed by atoms with E-state index in [1.165, 1.54) is 44.3 Å². The molecule has 0 aliphatic carbocycles. The standard InChI is InChI=1S/C14H28N2/c1-4-13(2)12-15-9-7-11-16-10-6-5-8-14(16)3/h14-15H,2,4-12H2,1,3H3. The van der Waals surface area contributed by atoms with Gasteiger partial charge in [-0.25, -0.2) is 0 Å². The van der Waals surface area contributed by atoms with Crippen LogP contribution >= 0.6 is 0 Å². The van der Waals surface area contributed by atoms with E-state index in [1.807, 2.05) is 0 Å².